The third kappa shape index (κ3) is 3.22. The van der Waals surface area contributed by atoms with Crippen LogP contribution in [0.2, 0.25) is 0 Å². The number of hydrogen-bond acceptors (Lipinski definition) is 2. The van der Waals surface area contributed by atoms with Crippen molar-refractivity contribution in [1.29, 1.82) is 0 Å². The largest absolute Gasteiger partial charge is 0.493 e. The van der Waals surface area contributed by atoms with E-state index >= 15 is 0 Å². The molecule has 0 amide bonds. The number of rotatable bonds is 5. The molecule has 0 fully saturated rings. The highest BCUT2D eigenvalue weighted by Crippen LogP contribution is 2.22. The molecule has 2 aromatic carbocycles. The maximum Gasteiger partial charge on any atom is 0.196 e. The van der Waals surface area contributed by atoms with E-state index in [4.69, 9.17) is 4.74 Å². The Bertz CT molecular complexity index is 573. The minimum absolute atomic E-state index is 0.00963. The predicted octanol–water partition coefficient (Wildman–Crippen LogP) is 4.01. The second-order valence-corrected chi connectivity index (χ2v) is 4.54. The molecule has 0 aliphatic carbocycles. The van der Waals surface area contributed by atoms with Gasteiger partial charge < -0.3 is 4.74 Å². The van der Waals surface area contributed by atoms with E-state index in [-0.39, 0.29) is 5.78 Å². The van der Waals surface area contributed by atoms with Crippen LogP contribution in [0.1, 0.15) is 34.8 Å². The topological polar surface area (TPSA) is 26.3 Å². The molecule has 0 heterocycles. The average molecular weight is 254 g/mol. The first-order chi connectivity index (χ1) is 9.22. The summed E-state index contributed by atoms with van der Waals surface area (Å²) in [6.07, 6.45) is 0.924. The number of para-hydroxylation sites is 1. The zero-order chi connectivity index (χ0) is 13.7. The Morgan fingerprint density at radius 2 is 1.89 bits per heavy atom. The van der Waals surface area contributed by atoms with Crippen LogP contribution in [-0.2, 0) is 0 Å². The first-order valence-corrected chi connectivity index (χ1v) is 6.55. The van der Waals surface area contributed by atoms with Crippen molar-refractivity contribution in [2.75, 3.05) is 6.61 Å². The second kappa shape index (κ2) is 6.19. The summed E-state index contributed by atoms with van der Waals surface area (Å²) in [5.41, 5.74) is 2.41. The van der Waals surface area contributed by atoms with Crippen molar-refractivity contribution in [2.45, 2.75) is 20.3 Å². The van der Waals surface area contributed by atoms with Gasteiger partial charge in [0, 0.05) is 5.56 Å². The molecular formula is C17H18O2. The summed E-state index contributed by atoms with van der Waals surface area (Å²) in [5, 5.41) is 0. The van der Waals surface area contributed by atoms with E-state index in [1.54, 1.807) is 0 Å². The highest BCUT2D eigenvalue weighted by molar-refractivity contribution is 6.10. The third-order valence-electron chi connectivity index (χ3n) is 2.87. The van der Waals surface area contributed by atoms with Crippen LogP contribution in [0.3, 0.4) is 0 Å². The molecule has 0 aliphatic heterocycles. The van der Waals surface area contributed by atoms with Gasteiger partial charge in [0.1, 0.15) is 5.75 Å². The van der Waals surface area contributed by atoms with E-state index < -0.39 is 0 Å². The predicted molar refractivity (Wildman–Crippen MR) is 76.8 cm³/mol. The van der Waals surface area contributed by atoms with Crippen molar-refractivity contribution in [3.05, 3.63) is 65.2 Å². The van der Waals surface area contributed by atoms with Gasteiger partial charge in [-0.2, -0.15) is 0 Å². The molecule has 0 aliphatic rings. The smallest absolute Gasteiger partial charge is 0.196 e. The van der Waals surface area contributed by atoms with Crippen LogP contribution in [0.4, 0.5) is 0 Å². The molecule has 98 valence electrons. The molecule has 2 heteroatoms. The number of aryl methyl sites for hydroxylation is 1. The van der Waals surface area contributed by atoms with Crippen LogP contribution in [0.15, 0.2) is 48.5 Å². The van der Waals surface area contributed by atoms with Gasteiger partial charge in [0.05, 0.1) is 12.2 Å². The first kappa shape index (κ1) is 13.3. The zero-order valence-electron chi connectivity index (χ0n) is 11.3. The fourth-order valence-corrected chi connectivity index (χ4v) is 1.93. The number of ketones is 1. The van der Waals surface area contributed by atoms with Gasteiger partial charge in [0.25, 0.3) is 0 Å². The number of carbonyl (C=O) groups is 1. The minimum Gasteiger partial charge on any atom is -0.493 e. The molecule has 2 nitrogen and oxygen atoms in total. The number of carbonyl (C=O) groups excluding carboxylic acids is 1. The van der Waals surface area contributed by atoms with E-state index in [1.165, 1.54) is 0 Å². The van der Waals surface area contributed by atoms with Crippen molar-refractivity contribution < 1.29 is 9.53 Å². The molecule has 0 saturated carbocycles. The lowest BCUT2D eigenvalue weighted by atomic mass is 10.0. The Morgan fingerprint density at radius 1 is 1.11 bits per heavy atom. The van der Waals surface area contributed by atoms with Crippen LogP contribution in [0.5, 0.6) is 5.75 Å². The van der Waals surface area contributed by atoms with Gasteiger partial charge in [-0.15, -0.1) is 0 Å². The number of benzene rings is 2. The summed E-state index contributed by atoms with van der Waals surface area (Å²) in [6.45, 7) is 4.65. The molecule has 19 heavy (non-hydrogen) atoms. The molecule has 0 atom stereocenters. The minimum atomic E-state index is 0.00963. The summed E-state index contributed by atoms with van der Waals surface area (Å²) in [4.78, 5) is 12.5. The van der Waals surface area contributed by atoms with Gasteiger partial charge in [-0.1, -0.05) is 42.8 Å². The summed E-state index contributed by atoms with van der Waals surface area (Å²) in [7, 11) is 0. The van der Waals surface area contributed by atoms with Crippen LogP contribution >= 0.6 is 0 Å². The van der Waals surface area contributed by atoms with E-state index in [2.05, 4.69) is 0 Å². The molecular weight excluding hydrogens is 236 g/mol. The van der Waals surface area contributed by atoms with Gasteiger partial charge >= 0.3 is 0 Å². The van der Waals surface area contributed by atoms with Crippen LogP contribution < -0.4 is 4.74 Å². The van der Waals surface area contributed by atoms with E-state index in [0.717, 1.165) is 12.0 Å². The van der Waals surface area contributed by atoms with E-state index in [9.17, 15) is 4.79 Å². The Balaban J connectivity index is 2.33. The van der Waals surface area contributed by atoms with Gasteiger partial charge in [-0.25, -0.2) is 0 Å². The summed E-state index contributed by atoms with van der Waals surface area (Å²) < 4.78 is 5.64. The molecule has 0 unspecified atom stereocenters. The van der Waals surface area contributed by atoms with Gasteiger partial charge in [0.2, 0.25) is 0 Å². The Kier molecular flexibility index (Phi) is 4.35. The average Bonchev–Trinajstić information content (AvgIpc) is 2.44. The molecule has 0 radical (unpaired) electrons. The van der Waals surface area contributed by atoms with Crippen molar-refractivity contribution >= 4 is 5.78 Å². The maximum atomic E-state index is 12.5. The first-order valence-electron chi connectivity index (χ1n) is 6.55. The molecule has 0 spiro atoms. The fraction of sp³-hybridized carbons (Fsp3) is 0.235. The zero-order valence-corrected chi connectivity index (χ0v) is 11.3. The van der Waals surface area contributed by atoms with E-state index in [0.29, 0.717) is 23.5 Å². The van der Waals surface area contributed by atoms with Gasteiger partial charge in [-0.05, 0) is 31.5 Å². The van der Waals surface area contributed by atoms with Crippen LogP contribution in [0.25, 0.3) is 0 Å². The van der Waals surface area contributed by atoms with Crippen molar-refractivity contribution in [1.82, 2.24) is 0 Å². The normalized spacial score (nSPS) is 10.2. The SMILES string of the molecule is CCCOc1ccccc1C(=O)c1cccc(C)c1. The lowest BCUT2D eigenvalue weighted by molar-refractivity contribution is 0.103. The van der Waals surface area contributed by atoms with Crippen LogP contribution in [0, 0.1) is 6.92 Å². The Labute approximate surface area is 114 Å². The summed E-state index contributed by atoms with van der Waals surface area (Å²) in [6, 6.07) is 15.0. The second-order valence-electron chi connectivity index (χ2n) is 4.54. The number of hydrogen-bond donors (Lipinski definition) is 0. The lowest BCUT2D eigenvalue weighted by Crippen LogP contribution is -2.06. The Hall–Kier alpha value is -2.09. The maximum absolute atomic E-state index is 12.5. The van der Waals surface area contributed by atoms with Crippen molar-refractivity contribution in [2.24, 2.45) is 0 Å². The highest BCUT2D eigenvalue weighted by Gasteiger charge is 2.14. The van der Waals surface area contributed by atoms with Crippen LogP contribution in [-0.4, -0.2) is 12.4 Å². The fourth-order valence-electron chi connectivity index (χ4n) is 1.93. The van der Waals surface area contributed by atoms with Crippen molar-refractivity contribution in [3.8, 4) is 5.75 Å². The third-order valence-corrected chi connectivity index (χ3v) is 2.87. The number of ether oxygens (including phenoxy) is 1. The quantitative estimate of drug-likeness (QED) is 0.753. The monoisotopic (exact) mass is 254 g/mol. The van der Waals surface area contributed by atoms with Gasteiger partial charge in [0.15, 0.2) is 5.78 Å². The molecule has 0 saturated heterocycles. The standard InChI is InChI=1S/C17H18O2/c1-3-11-19-16-10-5-4-9-15(16)17(18)14-8-6-7-13(2)12-14/h4-10,12H,3,11H2,1-2H3. The summed E-state index contributed by atoms with van der Waals surface area (Å²) in [5.74, 6) is 0.672. The van der Waals surface area contributed by atoms with Gasteiger partial charge in [-0.3, -0.25) is 4.79 Å². The molecule has 2 rings (SSSR count). The van der Waals surface area contributed by atoms with E-state index in [1.807, 2.05) is 62.4 Å². The molecule has 0 N–H and O–H groups in total. The lowest BCUT2D eigenvalue weighted by Gasteiger charge is -2.10. The molecule has 0 bridgehead atoms. The van der Waals surface area contributed by atoms with Crippen molar-refractivity contribution in [3.63, 3.8) is 0 Å². The molecule has 2 aromatic rings. The Morgan fingerprint density at radius 3 is 2.63 bits per heavy atom. The summed E-state index contributed by atoms with van der Waals surface area (Å²) >= 11 is 0. The highest BCUT2D eigenvalue weighted by atomic mass is 16.5. The molecule has 0 aromatic heterocycles.